The fraction of sp³-hybridized carbons (Fsp3) is 0.464. The first kappa shape index (κ1) is 25.7. The van der Waals surface area contributed by atoms with Crippen molar-refractivity contribution >= 4 is 18.0 Å². The highest BCUT2D eigenvalue weighted by molar-refractivity contribution is 5.89. The molecule has 0 bridgehead atoms. The summed E-state index contributed by atoms with van der Waals surface area (Å²) in [6, 6.07) is 13.8. The highest BCUT2D eigenvalue weighted by Gasteiger charge is 2.52. The summed E-state index contributed by atoms with van der Waals surface area (Å²) in [6.07, 6.45) is -1.26. The summed E-state index contributed by atoms with van der Waals surface area (Å²) < 4.78 is 11.4. The quantitative estimate of drug-likeness (QED) is 0.468. The van der Waals surface area contributed by atoms with Gasteiger partial charge in [-0.1, -0.05) is 62.4 Å². The van der Waals surface area contributed by atoms with Crippen LogP contribution < -0.4 is 5.11 Å². The fourth-order valence-electron chi connectivity index (χ4n) is 5.41. The van der Waals surface area contributed by atoms with Crippen LogP contribution in [0.2, 0.25) is 0 Å². The highest BCUT2D eigenvalue weighted by Crippen LogP contribution is 2.44. The lowest BCUT2D eigenvalue weighted by Crippen LogP contribution is -2.54. The Morgan fingerprint density at radius 2 is 1.67 bits per heavy atom. The van der Waals surface area contributed by atoms with Crippen LogP contribution in [0, 0.1) is 5.92 Å². The summed E-state index contributed by atoms with van der Waals surface area (Å²) in [6.45, 7) is 8.82. The van der Waals surface area contributed by atoms with Crippen LogP contribution in [0.3, 0.4) is 0 Å². The van der Waals surface area contributed by atoms with E-state index in [2.05, 4.69) is 17.1 Å². The van der Waals surface area contributed by atoms with Crippen molar-refractivity contribution in [2.24, 2.45) is 10.9 Å². The molecular weight excluding hydrogens is 460 g/mol. The molecule has 2 aromatic carbocycles. The number of benzene rings is 2. The van der Waals surface area contributed by atoms with E-state index in [1.165, 1.54) is 4.90 Å². The minimum atomic E-state index is -1.17. The first-order chi connectivity index (χ1) is 17.0. The van der Waals surface area contributed by atoms with Gasteiger partial charge in [-0.25, -0.2) is 4.79 Å². The Hall–Kier alpha value is -3.39. The van der Waals surface area contributed by atoms with Crippen LogP contribution >= 0.6 is 0 Å². The molecule has 1 unspecified atom stereocenters. The molecule has 192 valence electrons. The number of carbonyl (C=O) groups excluding carboxylic acids is 1. The Labute approximate surface area is 211 Å². The number of hydrogen-bond acceptors (Lipinski definition) is 6. The van der Waals surface area contributed by atoms with Crippen molar-refractivity contribution in [2.75, 3.05) is 6.61 Å². The van der Waals surface area contributed by atoms with Crippen LogP contribution in [-0.4, -0.2) is 58.5 Å². The molecule has 36 heavy (non-hydrogen) atoms. The van der Waals surface area contributed by atoms with Gasteiger partial charge in [0, 0.05) is 12.5 Å². The lowest BCUT2D eigenvalue weighted by molar-refractivity contribution is -0.251. The van der Waals surface area contributed by atoms with Crippen LogP contribution in [-0.2, 0) is 19.1 Å². The number of fused-ring (bicyclic) bond motifs is 3. The third-order valence-corrected chi connectivity index (χ3v) is 6.84. The molecule has 0 aromatic heterocycles. The number of rotatable bonds is 7. The lowest BCUT2D eigenvalue weighted by atomic mass is 9.98. The van der Waals surface area contributed by atoms with Crippen molar-refractivity contribution in [3.63, 3.8) is 0 Å². The van der Waals surface area contributed by atoms with Gasteiger partial charge in [-0.2, -0.15) is 0 Å². The first-order valence-electron chi connectivity index (χ1n) is 12.3. The average molecular weight is 494 g/mol. The van der Waals surface area contributed by atoms with E-state index in [1.54, 1.807) is 20.8 Å². The molecule has 2 aliphatic rings. The zero-order valence-electron chi connectivity index (χ0n) is 21.3. The van der Waals surface area contributed by atoms with E-state index in [1.807, 2.05) is 50.2 Å². The van der Waals surface area contributed by atoms with Crippen molar-refractivity contribution in [1.29, 1.82) is 0 Å². The van der Waals surface area contributed by atoms with Gasteiger partial charge in [-0.05, 0) is 55.4 Å². The molecule has 1 N–H and O–H groups in total. The van der Waals surface area contributed by atoms with E-state index in [0.717, 1.165) is 22.3 Å². The van der Waals surface area contributed by atoms with Gasteiger partial charge in [0.15, 0.2) is 6.04 Å². The molecule has 3 atom stereocenters. The molecule has 1 aliphatic heterocycles. The Kier molecular flexibility index (Phi) is 7.09. The molecule has 1 heterocycles. The van der Waals surface area contributed by atoms with Crippen molar-refractivity contribution in [3.05, 3.63) is 59.7 Å². The zero-order valence-corrected chi connectivity index (χ0v) is 21.3. The maximum atomic E-state index is 13.6. The Morgan fingerprint density at radius 3 is 2.19 bits per heavy atom. The first-order valence-corrected chi connectivity index (χ1v) is 12.3. The second-order valence-electron chi connectivity index (χ2n) is 10.3. The Balaban J connectivity index is 1.56. The van der Waals surface area contributed by atoms with E-state index < -0.39 is 41.9 Å². The van der Waals surface area contributed by atoms with Gasteiger partial charge in [0.1, 0.15) is 17.9 Å². The maximum absolute atomic E-state index is 13.6. The molecule has 0 radical (unpaired) electrons. The number of carbonyl (C=O) groups is 2. The van der Waals surface area contributed by atoms with Gasteiger partial charge in [-0.15, -0.1) is 0 Å². The average Bonchev–Trinajstić information content (AvgIpc) is 3.26. The van der Waals surface area contributed by atoms with Crippen LogP contribution in [0.5, 0.6) is 0 Å². The number of ether oxygens (including phenoxy) is 2. The van der Waals surface area contributed by atoms with Gasteiger partial charge in [0.2, 0.25) is 0 Å². The largest absolute Gasteiger partial charge is 0.599 e. The molecule has 4 rings (SSSR count). The number of aliphatic carboxylic acids is 1. The van der Waals surface area contributed by atoms with Crippen molar-refractivity contribution < 1.29 is 29.3 Å². The van der Waals surface area contributed by atoms with Gasteiger partial charge in [-0.3, -0.25) is 14.7 Å². The topological polar surface area (TPSA) is 111 Å². The number of aliphatic imine (C=N–C) groups is 1. The van der Waals surface area contributed by atoms with Gasteiger partial charge in [0.25, 0.3) is 5.91 Å². The Morgan fingerprint density at radius 1 is 1.11 bits per heavy atom. The summed E-state index contributed by atoms with van der Waals surface area (Å²) in [7, 11) is 0. The smallest absolute Gasteiger partial charge is 0.329 e. The van der Waals surface area contributed by atoms with Crippen LogP contribution in [0.4, 0.5) is 0 Å². The molecule has 0 saturated carbocycles. The van der Waals surface area contributed by atoms with Gasteiger partial charge < -0.3 is 19.7 Å². The standard InChI is InChI=1S/C28H34N2O6/c1-16(2)14-23(25(31)30-24(26(32)33)17(3)36-28(30,4)5)29-27(34)35-15-22-20-12-8-6-10-18(20)19-11-7-9-13-21(19)22/h6-13,16-17,22-24H,14-15H2,1-5H3,(H,29,34)(H,32,33)/p-1/t17-,23-,24?/m0/s1. The predicted octanol–water partition coefficient (Wildman–Crippen LogP) is 3.38. The summed E-state index contributed by atoms with van der Waals surface area (Å²) in [5.74, 6) is -1.81. The fourth-order valence-corrected chi connectivity index (χ4v) is 5.41. The van der Waals surface area contributed by atoms with Gasteiger partial charge in [0.05, 0.1) is 6.10 Å². The van der Waals surface area contributed by atoms with E-state index >= 15 is 0 Å². The summed E-state index contributed by atoms with van der Waals surface area (Å²) in [5.41, 5.74) is 3.24. The van der Waals surface area contributed by atoms with E-state index in [9.17, 15) is 19.8 Å². The minimum absolute atomic E-state index is 0.0384. The second kappa shape index (κ2) is 9.93. The summed E-state index contributed by atoms with van der Waals surface area (Å²) >= 11 is 0. The van der Waals surface area contributed by atoms with E-state index in [0.29, 0.717) is 0 Å². The monoisotopic (exact) mass is 493 g/mol. The van der Waals surface area contributed by atoms with Crippen LogP contribution in [0.15, 0.2) is 53.5 Å². The van der Waals surface area contributed by atoms with Crippen LogP contribution in [0.1, 0.15) is 58.1 Å². The SMILES string of the molecule is CC(C)C[C@H](N=C([O-])OCC1c2ccccc2-c2ccccc21)C(=O)N1C(C(=O)O)[C@H](C)OC1(C)C. The molecule has 1 saturated heterocycles. The third-order valence-electron chi connectivity index (χ3n) is 6.84. The number of amides is 1. The van der Waals surface area contributed by atoms with E-state index in [-0.39, 0.29) is 24.9 Å². The molecule has 1 amide bonds. The lowest BCUT2D eigenvalue weighted by Gasteiger charge is -2.34. The third kappa shape index (κ3) is 4.82. The molecule has 1 aliphatic carbocycles. The second-order valence-corrected chi connectivity index (χ2v) is 10.3. The van der Waals surface area contributed by atoms with E-state index in [4.69, 9.17) is 9.47 Å². The van der Waals surface area contributed by atoms with Crippen molar-refractivity contribution in [3.8, 4) is 11.1 Å². The summed E-state index contributed by atoms with van der Waals surface area (Å²) in [4.78, 5) is 30.8. The Bertz CT molecular complexity index is 1130. The molecule has 8 nitrogen and oxygen atoms in total. The number of carboxylic acids is 1. The minimum Gasteiger partial charge on any atom is -0.599 e. The normalized spacial score (nSPS) is 21.8. The van der Waals surface area contributed by atoms with Crippen molar-refractivity contribution in [2.45, 2.75) is 70.9 Å². The van der Waals surface area contributed by atoms with Crippen molar-refractivity contribution in [1.82, 2.24) is 4.90 Å². The van der Waals surface area contributed by atoms with Gasteiger partial charge >= 0.3 is 5.97 Å². The molecule has 8 heteroatoms. The molecular formula is C28H33N2O6-. The molecule has 2 aromatic rings. The number of nitrogens with zero attached hydrogens (tertiary/aromatic N) is 2. The highest BCUT2D eigenvalue weighted by atomic mass is 16.6. The maximum Gasteiger partial charge on any atom is 0.329 e. The number of hydrogen-bond donors (Lipinski definition) is 1. The van der Waals surface area contributed by atoms with Crippen LogP contribution in [0.25, 0.3) is 11.1 Å². The predicted molar refractivity (Wildman–Crippen MR) is 133 cm³/mol. The summed E-state index contributed by atoms with van der Waals surface area (Å²) in [5, 5.41) is 22.6. The number of carboxylic acid groups (broad SMARTS) is 1. The molecule has 0 spiro atoms. The molecule has 1 fully saturated rings. The zero-order chi connectivity index (χ0) is 26.2.